The summed E-state index contributed by atoms with van der Waals surface area (Å²) < 4.78 is 0.985. The Bertz CT molecular complexity index is 1490. The molecule has 7 nitrogen and oxygen atoms in total. The van der Waals surface area contributed by atoms with Gasteiger partial charge in [-0.2, -0.15) is 0 Å². The highest BCUT2D eigenvalue weighted by atomic mass is 32.1. The molecule has 0 atom stereocenters. The molecule has 2 aromatic carbocycles. The fraction of sp³-hybridized carbons (Fsp3) is 0.0417. The highest BCUT2D eigenvalue weighted by Gasteiger charge is 2.18. The average molecular weight is 440 g/mol. The first-order chi connectivity index (χ1) is 15.5. The van der Waals surface area contributed by atoms with E-state index in [9.17, 15) is 14.7 Å². The smallest absolute Gasteiger partial charge is 0.355 e. The van der Waals surface area contributed by atoms with Gasteiger partial charge in [0, 0.05) is 23.3 Å². The van der Waals surface area contributed by atoms with Crippen LogP contribution in [0, 0.1) is 6.92 Å². The number of anilines is 1. The number of carboxylic acid groups (broad SMARTS) is 1. The maximum Gasteiger partial charge on any atom is 0.355 e. The molecule has 0 bridgehead atoms. The van der Waals surface area contributed by atoms with Gasteiger partial charge in [0.25, 0.3) is 5.91 Å². The van der Waals surface area contributed by atoms with Crippen LogP contribution < -0.4 is 5.32 Å². The van der Waals surface area contributed by atoms with Gasteiger partial charge in [-0.15, -0.1) is 0 Å². The topological polar surface area (TPSA) is 105 Å². The minimum Gasteiger partial charge on any atom is -0.476 e. The van der Waals surface area contributed by atoms with Crippen LogP contribution in [0.3, 0.4) is 0 Å². The number of aromatic nitrogens is 3. The molecule has 3 aromatic heterocycles. The number of aryl methyl sites for hydroxylation is 1. The zero-order valence-corrected chi connectivity index (χ0v) is 17.7. The first-order valence-corrected chi connectivity index (χ1v) is 10.6. The van der Waals surface area contributed by atoms with Gasteiger partial charge in [0.05, 0.1) is 21.3 Å². The van der Waals surface area contributed by atoms with Crippen LogP contribution in [-0.4, -0.2) is 31.9 Å². The quantitative estimate of drug-likeness (QED) is 0.400. The minimum absolute atomic E-state index is 0.0482. The van der Waals surface area contributed by atoms with Crippen molar-refractivity contribution >= 4 is 49.5 Å². The van der Waals surface area contributed by atoms with Crippen LogP contribution >= 0.6 is 11.3 Å². The van der Waals surface area contributed by atoms with Crippen molar-refractivity contribution in [2.45, 2.75) is 6.92 Å². The van der Waals surface area contributed by atoms with E-state index in [0.29, 0.717) is 38.3 Å². The molecule has 1 amide bonds. The monoisotopic (exact) mass is 440 g/mol. The largest absolute Gasteiger partial charge is 0.476 e. The van der Waals surface area contributed by atoms with Gasteiger partial charge in [-0.3, -0.25) is 15.1 Å². The summed E-state index contributed by atoms with van der Waals surface area (Å²) >= 11 is 1.40. The molecule has 5 rings (SSSR count). The molecule has 2 N–H and O–H groups in total. The summed E-state index contributed by atoms with van der Waals surface area (Å²) in [6.45, 7) is 1.82. The Morgan fingerprint density at radius 2 is 1.84 bits per heavy atom. The number of hydrogen-bond donors (Lipinski definition) is 2. The van der Waals surface area contributed by atoms with Crippen molar-refractivity contribution in [2.75, 3.05) is 5.32 Å². The van der Waals surface area contributed by atoms with Gasteiger partial charge in [-0.25, -0.2) is 14.8 Å². The molecule has 156 valence electrons. The van der Waals surface area contributed by atoms with Gasteiger partial charge >= 0.3 is 5.97 Å². The van der Waals surface area contributed by atoms with E-state index in [1.807, 2.05) is 31.2 Å². The van der Waals surface area contributed by atoms with E-state index in [0.717, 1.165) is 10.2 Å². The lowest BCUT2D eigenvalue weighted by Gasteiger charge is -2.11. The van der Waals surface area contributed by atoms with Gasteiger partial charge < -0.3 is 5.11 Å². The van der Waals surface area contributed by atoms with Crippen LogP contribution in [0.1, 0.15) is 26.4 Å². The molecular weight excluding hydrogens is 424 g/mol. The number of aromatic carboxylic acids is 1. The first kappa shape index (κ1) is 19.8. The zero-order chi connectivity index (χ0) is 22.2. The second-order valence-corrected chi connectivity index (χ2v) is 8.22. The number of para-hydroxylation sites is 1. The van der Waals surface area contributed by atoms with Crippen molar-refractivity contribution < 1.29 is 14.7 Å². The Hall–Kier alpha value is -4.17. The Labute approximate surface area is 186 Å². The van der Waals surface area contributed by atoms with E-state index in [4.69, 9.17) is 0 Å². The maximum atomic E-state index is 13.3. The maximum absolute atomic E-state index is 13.3. The number of amides is 1. The summed E-state index contributed by atoms with van der Waals surface area (Å²) in [5.74, 6) is -1.41. The van der Waals surface area contributed by atoms with Gasteiger partial charge in [0.1, 0.15) is 0 Å². The predicted molar refractivity (Wildman–Crippen MR) is 124 cm³/mol. The van der Waals surface area contributed by atoms with Crippen LogP contribution in [-0.2, 0) is 0 Å². The number of rotatable bonds is 4. The lowest BCUT2D eigenvalue weighted by molar-refractivity contribution is 0.0691. The van der Waals surface area contributed by atoms with Crippen LogP contribution in [0.4, 0.5) is 5.13 Å². The van der Waals surface area contributed by atoms with Crippen molar-refractivity contribution in [3.05, 3.63) is 83.8 Å². The summed E-state index contributed by atoms with van der Waals surface area (Å²) in [4.78, 5) is 37.8. The molecule has 0 aliphatic rings. The average Bonchev–Trinajstić information content (AvgIpc) is 3.20. The lowest BCUT2D eigenvalue weighted by Crippen LogP contribution is -2.14. The summed E-state index contributed by atoms with van der Waals surface area (Å²) in [6.07, 6.45) is 3.10. The SMILES string of the molecule is Cc1cnc2ccc(-c3cccnc3C(=O)O)cc2c1C(=O)Nc1nc2ccccc2s1. The van der Waals surface area contributed by atoms with Crippen molar-refractivity contribution in [3.8, 4) is 11.1 Å². The number of benzene rings is 2. The molecule has 8 heteroatoms. The molecule has 5 aromatic rings. The number of carbonyl (C=O) groups excluding carboxylic acids is 1. The van der Waals surface area contributed by atoms with E-state index in [1.54, 1.807) is 36.5 Å². The van der Waals surface area contributed by atoms with E-state index < -0.39 is 5.97 Å². The number of fused-ring (bicyclic) bond motifs is 2. The normalized spacial score (nSPS) is 11.0. The van der Waals surface area contributed by atoms with E-state index in [1.165, 1.54) is 17.5 Å². The molecule has 0 spiro atoms. The number of thiazole rings is 1. The second-order valence-electron chi connectivity index (χ2n) is 7.19. The van der Waals surface area contributed by atoms with Crippen LogP contribution in [0.15, 0.2) is 67.0 Å². The van der Waals surface area contributed by atoms with E-state index in [-0.39, 0.29) is 11.6 Å². The molecular formula is C24H16N4O3S. The Morgan fingerprint density at radius 3 is 2.66 bits per heavy atom. The fourth-order valence-electron chi connectivity index (χ4n) is 3.66. The van der Waals surface area contributed by atoms with Gasteiger partial charge in [0.15, 0.2) is 10.8 Å². The molecule has 0 saturated carbocycles. The number of nitrogens with one attached hydrogen (secondary N) is 1. The third-order valence-corrected chi connectivity index (χ3v) is 6.07. The summed E-state index contributed by atoms with van der Waals surface area (Å²) in [5, 5.41) is 13.5. The Kier molecular flexibility index (Phi) is 4.84. The summed E-state index contributed by atoms with van der Waals surface area (Å²) in [5.41, 5.74) is 3.70. The highest BCUT2D eigenvalue weighted by molar-refractivity contribution is 7.22. The first-order valence-electron chi connectivity index (χ1n) is 9.76. The van der Waals surface area contributed by atoms with E-state index in [2.05, 4.69) is 20.3 Å². The number of nitrogens with zero attached hydrogens (tertiary/aromatic N) is 3. The lowest BCUT2D eigenvalue weighted by atomic mass is 9.97. The molecule has 32 heavy (non-hydrogen) atoms. The molecule has 0 aliphatic carbocycles. The predicted octanol–water partition coefficient (Wildman–Crippen LogP) is 5.17. The van der Waals surface area contributed by atoms with Gasteiger partial charge in [-0.1, -0.05) is 35.6 Å². The number of hydrogen-bond acceptors (Lipinski definition) is 6. The molecule has 0 aliphatic heterocycles. The number of pyridine rings is 2. The van der Waals surface area contributed by atoms with Crippen molar-refractivity contribution in [1.82, 2.24) is 15.0 Å². The third kappa shape index (κ3) is 3.46. The second kappa shape index (κ2) is 7.82. The summed E-state index contributed by atoms with van der Waals surface area (Å²) in [7, 11) is 0. The number of carbonyl (C=O) groups is 2. The van der Waals surface area contributed by atoms with Crippen LogP contribution in [0.25, 0.3) is 32.2 Å². The third-order valence-electron chi connectivity index (χ3n) is 5.12. The molecule has 0 fully saturated rings. The fourth-order valence-corrected chi connectivity index (χ4v) is 4.52. The molecule has 3 heterocycles. The van der Waals surface area contributed by atoms with Crippen molar-refractivity contribution in [2.24, 2.45) is 0 Å². The molecule has 0 radical (unpaired) electrons. The number of carboxylic acids is 1. The van der Waals surface area contributed by atoms with Crippen molar-refractivity contribution in [1.29, 1.82) is 0 Å². The van der Waals surface area contributed by atoms with E-state index >= 15 is 0 Å². The molecule has 0 saturated heterocycles. The van der Waals surface area contributed by atoms with Gasteiger partial charge in [0.2, 0.25) is 0 Å². The minimum atomic E-state index is -1.11. The van der Waals surface area contributed by atoms with Crippen molar-refractivity contribution in [3.63, 3.8) is 0 Å². The summed E-state index contributed by atoms with van der Waals surface area (Å²) in [6, 6.07) is 16.4. The molecule has 0 unspecified atom stereocenters. The van der Waals surface area contributed by atoms with Gasteiger partial charge in [-0.05, 0) is 48.4 Å². The Morgan fingerprint density at radius 1 is 1.00 bits per heavy atom. The Balaban J connectivity index is 1.61. The van der Waals surface area contributed by atoms with Crippen LogP contribution in [0.5, 0.6) is 0 Å². The standard InChI is InChI=1S/C24H16N4O3S/c1-13-12-26-17-9-8-14(15-5-4-10-25-21(15)23(30)31)11-16(17)20(13)22(29)28-24-27-18-6-2-3-7-19(18)32-24/h2-12H,1H3,(H,30,31)(H,27,28,29). The highest BCUT2D eigenvalue weighted by Crippen LogP contribution is 2.30. The zero-order valence-electron chi connectivity index (χ0n) is 16.9. The van der Waals surface area contributed by atoms with Crippen LogP contribution in [0.2, 0.25) is 0 Å².